The third-order valence-corrected chi connectivity index (χ3v) is 3.05. The van der Waals surface area contributed by atoms with Gasteiger partial charge in [-0.3, -0.25) is 0 Å². The van der Waals surface area contributed by atoms with Crippen molar-refractivity contribution < 1.29 is 0 Å². The number of aromatic nitrogens is 1. The van der Waals surface area contributed by atoms with Gasteiger partial charge in [0.15, 0.2) is 0 Å². The summed E-state index contributed by atoms with van der Waals surface area (Å²) >= 11 is 1.58. The Morgan fingerprint density at radius 1 is 1.50 bits per heavy atom. The van der Waals surface area contributed by atoms with E-state index in [1.807, 2.05) is 36.6 Å². The molecular weight excluding hydrogens is 218 g/mol. The van der Waals surface area contributed by atoms with E-state index in [4.69, 9.17) is 5.26 Å². The van der Waals surface area contributed by atoms with E-state index in [1.54, 1.807) is 11.3 Å². The van der Waals surface area contributed by atoms with E-state index >= 15 is 0 Å². The summed E-state index contributed by atoms with van der Waals surface area (Å²) < 4.78 is 0. The van der Waals surface area contributed by atoms with Crippen molar-refractivity contribution >= 4 is 17.2 Å². The van der Waals surface area contributed by atoms with Crippen LogP contribution in [0.2, 0.25) is 0 Å². The molecule has 0 amide bonds. The number of pyridine rings is 1. The molecule has 0 fully saturated rings. The zero-order chi connectivity index (χ0) is 11.4. The van der Waals surface area contributed by atoms with Gasteiger partial charge in [0.25, 0.3) is 0 Å². The van der Waals surface area contributed by atoms with Crippen LogP contribution in [-0.4, -0.2) is 4.98 Å². The molecule has 0 atom stereocenters. The van der Waals surface area contributed by atoms with Crippen molar-refractivity contribution in [3.63, 3.8) is 0 Å². The van der Waals surface area contributed by atoms with E-state index in [0.29, 0.717) is 6.54 Å². The number of aryl methyl sites for hydroxylation is 1. The Morgan fingerprint density at radius 2 is 2.38 bits per heavy atom. The third-order valence-electron chi connectivity index (χ3n) is 2.11. The minimum Gasteiger partial charge on any atom is -0.365 e. The van der Waals surface area contributed by atoms with Crippen LogP contribution in [0.4, 0.5) is 5.82 Å². The fourth-order valence-electron chi connectivity index (χ4n) is 1.35. The summed E-state index contributed by atoms with van der Waals surface area (Å²) in [6, 6.07) is 9.89. The summed E-state index contributed by atoms with van der Waals surface area (Å²) in [5.74, 6) is 0.868. The number of nitriles is 1. The highest BCUT2D eigenvalue weighted by atomic mass is 32.1. The van der Waals surface area contributed by atoms with Gasteiger partial charge in [0.2, 0.25) is 0 Å². The van der Waals surface area contributed by atoms with Gasteiger partial charge in [0.1, 0.15) is 11.9 Å². The molecule has 2 heterocycles. The second-order valence-corrected chi connectivity index (χ2v) is 4.43. The van der Waals surface area contributed by atoms with Crippen LogP contribution in [0, 0.1) is 18.3 Å². The van der Waals surface area contributed by atoms with Gasteiger partial charge in [-0.05, 0) is 25.1 Å². The Hall–Kier alpha value is -1.86. The lowest BCUT2D eigenvalue weighted by Gasteiger charge is -2.03. The van der Waals surface area contributed by atoms with Crippen molar-refractivity contribution in [1.82, 2.24) is 4.98 Å². The molecule has 16 heavy (non-hydrogen) atoms. The van der Waals surface area contributed by atoms with Crippen LogP contribution >= 0.6 is 11.3 Å². The molecule has 2 rings (SSSR count). The summed E-state index contributed by atoms with van der Waals surface area (Å²) in [6.07, 6.45) is 0. The van der Waals surface area contributed by atoms with Gasteiger partial charge in [-0.15, -0.1) is 11.3 Å². The van der Waals surface area contributed by atoms with Gasteiger partial charge in [-0.25, -0.2) is 4.98 Å². The number of anilines is 1. The first-order valence-electron chi connectivity index (χ1n) is 4.93. The van der Waals surface area contributed by atoms with Gasteiger partial charge < -0.3 is 5.32 Å². The molecule has 0 spiro atoms. The maximum absolute atomic E-state index is 8.70. The predicted octanol–water partition coefficient (Wildman–Crippen LogP) is 2.94. The summed E-state index contributed by atoms with van der Waals surface area (Å²) in [5.41, 5.74) is 1.72. The van der Waals surface area contributed by atoms with E-state index in [9.17, 15) is 0 Å². The van der Waals surface area contributed by atoms with Gasteiger partial charge in [-0.1, -0.05) is 6.07 Å². The number of hydrogen-bond acceptors (Lipinski definition) is 4. The van der Waals surface area contributed by atoms with Crippen LogP contribution in [0.3, 0.4) is 0 Å². The van der Waals surface area contributed by atoms with Crippen molar-refractivity contribution in [1.29, 1.82) is 5.26 Å². The highest BCUT2D eigenvalue weighted by molar-refractivity contribution is 7.10. The Balaban J connectivity index is 2.00. The van der Waals surface area contributed by atoms with Crippen molar-refractivity contribution in [2.24, 2.45) is 0 Å². The molecule has 0 aliphatic rings. The molecule has 0 unspecified atom stereocenters. The van der Waals surface area contributed by atoms with E-state index in [1.165, 1.54) is 0 Å². The first-order chi connectivity index (χ1) is 7.78. The molecular formula is C12H11N3S. The lowest BCUT2D eigenvalue weighted by molar-refractivity contribution is 1.11. The SMILES string of the molecule is Cc1cccc(NCc2cc(C#N)cs2)n1. The largest absolute Gasteiger partial charge is 0.365 e. The van der Waals surface area contributed by atoms with E-state index < -0.39 is 0 Å². The average Bonchev–Trinajstić information content (AvgIpc) is 2.74. The van der Waals surface area contributed by atoms with E-state index in [2.05, 4.69) is 16.4 Å². The van der Waals surface area contributed by atoms with Crippen molar-refractivity contribution in [3.8, 4) is 6.07 Å². The van der Waals surface area contributed by atoms with Crippen LogP contribution in [0.25, 0.3) is 0 Å². The van der Waals surface area contributed by atoms with Crippen LogP contribution in [0.5, 0.6) is 0 Å². The van der Waals surface area contributed by atoms with Crippen molar-refractivity contribution in [2.75, 3.05) is 5.32 Å². The minimum atomic E-state index is 0.711. The monoisotopic (exact) mass is 229 g/mol. The zero-order valence-corrected chi connectivity index (χ0v) is 9.71. The number of nitrogens with zero attached hydrogens (tertiary/aromatic N) is 2. The van der Waals surface area contributed by atoms with Crippen LogP contribution < -0.4 is 5.32 Å². The van der Waals surface area contributed by atoms with Gasteiger partial charge in [0, 0.05) is 16.0 Å². The second-order valence-electron chi connectivity index (χ2n) is 3.43. The number of hydrogen-bond donors (Lipinski definition) is 1. The van der Waals surface area contributed by atoms with Crippen LogP contribution in [-0.2, 0) is 6.54 Å². The minimum absolute atomic E-state index is 0.711. The quantitative estimate of drug-likeness (QED) is 0.880. The van der Waals surface area contributed by atoms with Crippen LogP contribution in [0.15, 0.2) is 29.6 Å². The maximum Gasteiger partial charge on any atom is 0.126 e. The Labute approximate surface area is 98.4 Å². The first-order valence-corrected chi connectivity index (χ1v) is 5.81. The van der Waals surface area contributed by atoms with Gasteiger partial charge >= 0.3 is 0 Å². The smallest absolute Gasteiger partial charge is 0.126 e. The molecule has 0 aromatic carbocycles. The highest BCUT2D eigenvalue weighted by Gasteiger charge is 1.99. The number of nitrogens with one attached hydrogen (secondary N) is 1. The molecule has 0 aliphatic heterocycles. The third kappa shape index (κ3) is 2.59. The predicted molar refractivity (Wildman–Crippen MR) is 65.3 cm³/mol. The molecule has 1 N–H and O–H groups in total. The lowest BCUT2D eigenvalue weighted by Crippen LogP contribution is -1.99. The fraction of sp³-hybridized carbons (Fsp3) is 0.167. The second kappa shape index (κ2) is 4.77. The van der Waals surface area contributed by atoms with E-state index in [-0.39, 0.29) is 0 Å². The van der Waals surface area contributed by atoms with E-state index in [0.717, 1.165) is 22.0 Å². The summed E-state index contributed by atoms with van der Waals surface area (Å²) in [6.45, 7) is 2.67. The molecule has 2 aromatic heterocycles. The van der Waals surface area contributed by atoms with Crippen molar-refractivity contribution in [3.05, 3.63) is 45.8 Å². The zero-order valence-electron chi connectivity index (χ0n) is 8.90. The molecule has 0 saturated heterocycles. The maximum atomic E-state index is 8.70. The molecule has 0 bridgehead atoms. The summed E-state index contributed by atoms with van der Waals surface area (Å²) in [7, 11) is 0. The molecule has 0 saturated carbocycles. The molecule has 0 aliphatic carbocycles. The van der Waals surface area contributed by atoms with Gasteiger partial charge in [-0.2, -0.15) is 5.26 Å². The summed E-state index contributed by atoms with van der Waals surface area (Å²) in [5, 5.41) is 13.8. The topological polar surface area (TPSA) is 48.7 Å². The Morgan fingerprint density at radius 3 is 3.06 bits per heavy atom. The normalized spacial score (nSPS) is 9.75. The Bertz CT molecular complexity index is 525. The van der Waals surface area contributed by atoms with Crippen LogP contribution in [0.1, 0.15) is 16.1 Å². The Kier molecular flexibility index (Phi) is 3.18. The van der Waals surface area contributed by atoms with Gasteiger partial charge in [0.05, 0.1) is 12.1 Å². The molecule has 80 valence electrons. The first kappa shape index (κ1) is 10.7. The lowest BCUT2D eigenvalue weighted by atomic mass is 10.3. The van der Waals surface area contributed by atoms with Crippen molar-refractivity contribution in [2.45, 2.75) is 13.5 Å². The molecule has 4 heteroatoms. The number of thiophene rings is 1. The fourth-order valence-corrected chi connectivity index (χ4v) is 2.10. The number of rotatable bonds is 3. The summed E-state index contributed by atoms with van der Waals surface area (Å²) in [4.78, 5) is 5.48. The standard InChI is InChI=1S/C12H11N3S/c1-9-3-2-4-12(15-9)14-7-11-5-10(6-13)8-16-11/h2-5,8H,7H2,1H3,(H,14,15). The average molecular weight is 229 g/mol. The highest BCUT2D eigenvalue weighted by Crippen LogP contribution is 2.15. The molecule has 2 aromatic rings. The molecule has 0 radical (unpaired) electrons. The molecule has 3 nitrogen and oxygen atoms in total.